The van der Waals surface area contributed by atoms with Crippen LogP contribution in [0.4, 0.5) is 5.69 Å². The molecule has 0 radical (unpaired) electrons. The van der Waals surface area contributed by atoms with Gasteiger partial charge in [-0.1, -0.05) is 32.6 Å². The monoisotopic (exact) mass is 373 g/mol. The summed E-state index contributed by atoms with van der Waals surface area (Å²) in [4.78, 5) is 30.7. The Kier molecular flexibility index (Phi) is 8.97. The molecule has 0 spiro atoms. The quantitative estimate of drug-likeness (QED) is 0.404. The van der Waals surface area contributed by atoms with Gasteiger partial charge in [-0.2, -0.15) is 0 Å². The SMILES string of the molecule is CCCCCCCC(=O)Nc1cc(OC)c(OC)cc1CP(=O)(O)O. The Hall–Kier alpha value is -1.56. The van der Waals surface area contributed by atoms with Gasteiger partial charge in [0.15, 0.2) is 11.5 Å². The van der Waals surface area contributed by atoms with Crippen LogP contribution in [-0.4, -0.2) is 29.9 Å². The number of carbonyl (C=O) groups is 1. The molecule has 0 aliphatic carbocycles. The van der Waals surface area contributed by atoms with Crippen molar-refractivity contribution in [2.45, 2.75) is 51.6 Å². The van der Waals surface area contributed by atoms with E-state index in [9.17, 15) is 19.1 Å². The number of benzene rings is 1. The molecule has 8 heteroatoms. The van der Waals surface area contributed by atoms with Crippen LogP contribution in [-0.2, 0) is 15.5 Å². The fourth-order valence-electron chi connectivity index (χ4n) is 2.49. The molecule has 0 fully saturated rings. The lowest BCUT2D eigenvalue weighted by molar-refractivity contribution is -0.116. The van der Waals surface area contributed by atoms with Crippen molar-refractivity contribution in [1.82, 2.24) is 0 Å². The van der Waals surface area contributed by atoms with Crippen molar-refractivity contribution in [3.05, 3.63) is 17.7 Å². The first-order valence-corrected chi connectivity index (χ1v) is 10.2. The Morgan fingerprint density at radius 2 is 1.68 bits per heavy atom. The number of ether oxygens (including phenoxy) is 2. The van der Waals surface area contributed by atoms with Crippen molar-refractivity contribution in [2.75, 3.05) is 19.5 Å². The normalized spacial score (nSPS) is 11.2. The van der Waals surface area contributed by atoms with E-state index in [1.54, 1.807) is 0 Å². The standard InChI is InChI=1S/C17H28NO6P/c1-4-5-6-7-8-9-17(19)18-14-11-16(24-3)15(23-2)10-13(14)12-25(20,21)22/h10-11H,4-9,12H2,1-3H3,(H,18,19)(H2,20,21,22). The molecule has 1 aromatic rings. The molecule has 1 aromatic carbocycles. The number of unbranched alkanes of at least 4 members (excludes halogenated alkanes) is 4. The summed E-state index contributed by atoms with van der Waals surface area (Å²) in [7, 11) is -1.40. The van der Waals surface area contributed by atoms with Crippen molar-refractivity contribution < 1.29 is 28.6 Å². The molecular weight excluding hydrogens is 345 g/mol. The van der Waals surface area contributed by atoms with Gasteiger partial charge in [-0.3, -0.25) is 9.36 Å². The van der Waals surface area contributed by atoms with E-state index in [0.717, 1.165) is 32.1 Å². The molecule has 1 rings (SSSR count). The fourth-order valence-corrected chi connectivity index (χ4v) is 3.20. The largest absolute Gasteiger partial charge is 0.493 e. The predicted molar refractivity (Wildman–Crippen MR) is 97.3 cm³/mol. The third-order valence-electron chi connectivity index (χ3n) is 3.77. The van der Waals surface area contributed by atoms with Gasteiger partial charge in [-0.15, -0.1) is 0 Å². The number of hydrogen-bond donors (Lipinski definition) is 3. The maximum Gasteiger partial charge on any atom is 0.329 e. The van der Waals surface area contributed by atoms with E-state index in [1.165, 1.54) is 26.4 Å². The molecule has 0 heterocycles. The van der Waals surface area contributed by atoms with Crippen LogP contribution in [0, 0.1) is 0 Å². The van der Waals surface area contributed by atoms with Crippen LogP contribution >= 0.6 is 7.60 Å². The van der Waals surface area contributed by atoms with Crippen molar-refractivity contribution in [2.24, 2.45) is 0 Å². The van der Waals surface area contributed by atoms with Crippen molar-refractivity contribution in [3.63, 3.8) is 0 Å². The lowest BCUT2D eigenvalue weighted by Crippen LogP contribution is -2.13. The maximum absolute atomic E-state index is 12.1. The smallest absolute Gasteiger partial charge is 0.329 e. The highest BCUT2D eigenvalue weighted by Crippen LogP contribution is 2.44. The summed E-state index contributed by atoms with van der Waals surface area (Å²) in [6.45, 7) is 2.13. The number of anilines is 1. The number of nitrogens with one attached hydrogen (secondary N) is 1. The van der Waals surface area contributed by atoms with Crippen LogP contribution in [0.2, 0.25) is 0 Å². The van der Waals surface area contributed by atoms with Gasteiger partial charge in [-0.05, 0) is 18.1 Å². The van der Waals surface area contributed by atoms with Gasteiger partial charge in [0.05, 0.1) is 20.4 Å². The zero-order chi connectivity index (χ0) is 18.9. The summed E-state index contributed by atoms with van der Waals surface area (Å²) in [5.74, 6) is 0.550. The van der Waals surface area contributed by atoms with Crippen molar-refractivity contribution >= 4 is 19.2 Å². The molecule has 0 saturated heterocycles. The Morgan fingerprint density at radius 1 is 1.08 bits per heavy atom. The number of methoxy groups -OCH3 is 2. The first-order valence-electron chi connectivity index (χ1n) is 8.40. The second-order valence-corrected chi connectivity index (χ2v) is 7.55. The predicted octanol–water partition coefficient (Wildman–Crippen LogP) is 3.68. The number of rotatable bonds is 11. The van der Waals surface area contributed by atoms with E-state index in [-0.39, 0.29) is 5.91 Å². The minimum absolute atomic E-state index is 0.185. The molecule has 0 unspecified atom stereocenters. The Morgan fingerprint density at radius 3 is 2.24 bits per heavy atom. The Bertz CT molecular complexity index is 613. The number of carbonyl (C=O) groups excluding carboxylic acids is 1. The molecule has 0 aromatic heterocycles. The number of hydrogen-bond acceptors (Lipinski definition) is 4. The average molecular weight is 373 g/mol. The first kappa shape index (κ1) is 21.5. The van der Waals surface area contributed by atoms with Gasteiger partial charge in [0, 0.05) is 18.2 Å². The highest BCUT2D eigenvalue weighted by molar-refractivity contribution is 7.50. The Labute approximate surface area is 148 Å². The summed E-state index contributed by atoms with van der Waals surface area (Å²) < 4.78 is 21.7. The van der Waals surface area contributed by atoms with Gasteiger partial charge in [0.25, 0.3) is 0 Å². The molecule has 25 heavy (non-hydrogen) atoms. The van der Waals surface area contributed by atoms with Crippen molar-refractivity contribution in [3.8, 4) is 11.5 Å². The highest BCUT2D eigenvalue weighted by atomic mass is 31.2. The molecule has 0 aliphatic heterocycles. The van der Waals surface area contributed by atoms with Gasteiger partial charge in [-0.25, -0.2) is 0 Å². The summed E-state index contributed by atoms with van der Waals surface area (Å²) >= 11 is 0. The minimum atomic E-state index is -4.29. The van der Waals surface area contributed by atoms with Crippen LogP contribution < -0.4 is 14.8 Å². The summed E-state index contributed by atoms with van der Waals surface area (Å²) in [5, 5.41) is 2.73. The topological polar surface area (TPSA) is 105 Å². The first-order chi connectivity index (χ1) is 11.8. The van der Waals surface area contributed by atoms with Crippen LogP contribution in [0.25, 0.3) is 0 Å². The zero-order valence-corrected chi connectivity index (χ0v) is 16.0. The molecule has 142 valence electrons. The lowest BCUT2D eigenvalue weighted by atomic mass is 10.1. The molecule has 0 aliphatic rings. The molecule has 0 saturated carbocycles. The van der Waals surface area contributed by atoms with E-state index >= 15 is 0 Å². The Balaban J connectivity index is 2.87. The summed E-state index contributed by atoms with van der Waals surface area (Å²) in [6, 6.07) is 3.01. The molecular formula is C17H28NO6P. The summed E-state index contributed by atoms with van der Waals surface area (Å²) in [5.41, 5.74) is 0.643. The highest BCUT2D eigenvalue weighted by Gasteiger charge is 2.20. The average Bonchev–Trinajstić information content (AvgIpc) is 2.54. The molecule has 3 N–H and O–H groups in total. The van der Waals surface area contributed by atoms with E-state index in [0.29, 0.717) is 29.2 Å². The van der Waals surface area contributed by atoms with E-state index < -0.39 is 13.8 Å². The maximum atomic E-state index is 12.1. The van der Waals surface area contributed by atoms with Gasteiger partial charge >= 0.3 is 7.60 Å². The minimum Gasteiger partial charge on any atom is -0.493 e. The second kappa shape index (κ2) is 10.4. The fraction of sp³-hybridized carbons (Fsp3) is 0.588. The third-order valence-corrected chi connectivity index (χ3v) is 4.52. The van der Waals surface area contributed by atoms with Crippen LogP contribution in [0.1, 0.15) is 51.0 Å². The van der Waals surface area contributed by atoms with Crippen LogP contribution in [0.15, 0.2) is 12.1 Å². The van der Waals surface area contributed by atoms with E-state index in [4.69, 9.17) is 9.47 Å². The molecule has 7 nitrogen and oxygen atoms in total. The van der Waals surface area contributed by atoms with Gasteiger partial charge in [0.2, 0.25) is 5.91 Å². The molecule has 0 atom stereocenters. The molecule has 0 bridgehead atoms. The lowest BCUT2D eigenvalue weighted by Gasteiger charge is -2.16. The number of amides is 1. The van der Waals surface area contributed by atoms with Gasteiger partial charge in [0.1, 0.15) is 0 Å². The van der Waals surface area contributed by atoms with Gasteiger partial charge < -0.3 is 24.6 Å². The molecule has 1 amide bonds. The third kappa shape index (κ3) is 7.90. The van der Waals surface area contributed by atoms with E-state index in [2.05, 4.69) is 12.2 Å². The zero-order valence-electron chi connectivity index (χ0n) is 15.1. The van der Waals surface area contributed by atoms with Crippen LogP contribution in [0.3, 0.4) is 0 Å². The second-order valence-electron chi connectivity index (χ2n) is 5.90. The van der Waals surface area contributed by atoms with Crippen molar-refractivity contribution in [1.29, 1.82) is 0 Å². The van der Waals surface area contributed by atoms with E-state index in [1.807, 2.05) is 0 Å². The summed E-state index contributed by atoms with van der Waals surface area (Å²) in [6.07, 6.45) is 5.05. The van der Waals surface area contributed by atoms with Crippen LogP contribution in [0.5, 0.6) is 11.5 Å².